The molecule has 0 spiro atoms. The van der Waals surface area contributed by atoms with Crippen LogP contribution in [-0.4, -0.2) is 12.3 Å². The fraction of sp³-hybridized carbons (Fsp3) is 0.125. The predicted molar refractivity (Wildman–Crippen MR) is 50.9 cm³/mol. The molecule has 0 unspecified atom stereocenters. The van der Waals surface area contributed by atoms with Crippen LogP contribution in [0.3, 0.4) is 0 Å². The minimum Gasteiger partial charge on any atom is -0.494 e. The van der Waals surface area contributed by atoms with Crippen LogP contribution in [0.15, 0.2) is 12.1 Å². The summed E-state index contributed by atoms with van der Waals surface area (Å²) in [5, 5.41) is 1.25. The monoisotopic (exact) mass is 219 g/mol. The van der Waals surface area contributed by atoms with Crippen molar-refractivity contribution >= 4 is 23.6 Å². The molecule has 0 heterocycles. The van der Waals surface area contributed by atoms with Gasteiger partial charge in [-0.15, -0.1) is 0 Å². The molecule has 0 radical (unpaired) electrons. The lowest BCUT2D eigenvalue weighted by Crippen LogP contribution is -2.05. The Kier molecular flexibility index (Phi) is 3.29. The molecule has 14 heavy (non-hydrogen) atoms. The molecule has 1 aromatic rings. The first-order valence-corrected chi connectivity index (χ1v) is 4.03. The summed E-state index contributed by atoms with van der Waals surface area (Å²) in [5.74, 6) is -2.54. The molecule has 1 rings (SSSR count). The van der Waals surface area contributed by atoms with Crippen LogP contribution in [0.4, 0.5) is 19.3 Å². The number of carbonyl (C=O) groups excluding carboxylic acids is 1. The van der Waals surface area contributed by atoms with Crippen molar-refractivity contribution in [2.45, 2.75) is 0 Å². The van der Waals surface area contributed by atoms with Crippen molar-refractivity contribution < 1.29 is 18.3 Å². The zero-order valence-corrected chi connectivity index (χ0v) is 8.07. The average Bonchev–Trinajstić information content (AvgIpc) is 2.13. The van der Waals surface area contributed by atoms with Crippen molar-refractivity contribution in [3.05, 3.63) is 23.8 Å². The van der Waals surface area contributed by atoms with Crippen molar-refractivity contribution in [1.82, 2.24) is 0 Å². The van der Waals surface area contributed by atoms with Crippen LogP contribution in [0.25, 0.3) is 0 Å². The molecule has 1 aromatic carbocycles. The molecule has 6 heteroatoms. The molecule has 1 N–H and O–H groups in total. The Bertz CT molecular complexity index is 371. The van der Waals surface area contributed by atoms with E-state index in [9.17, 15) is 13.6 Å². The molecule has 0 aliphatic heterocycles. The first-order valence-electron chi connectivity index (χ1n) is 3.58. The summed E-state index contributed by atoms with van der Waals surface area (Å²) in [6.07, 6.45) is 0. The summed E-state index contributed by atoms with van der Waals surface area (Å²) < 4.78 is 30.7. The van der Waals surface area contributed by atoms with Gasteiger partial charge in [0.05, 0.1) is 12.8 Å². The third-order valence-corrected chi connectivity index (χ3v) is 1.62. The summed E-state index contributed by atoms with van der Waals surface area (Å²) in [6.45, 7) is 0. The van der Waals surface area contributed by atoms with Gasteiger partial charge in [0.25, 0.3) is 5.24 Å². The van der Waals surface area contributed by atoms with Crippen molar-refractivity contribution in [3.63, 3.8) is 0 Å². The van der Waals surface area contributed by atoms with Gasteiger partial charge in [-0.05, 0) is 12.1 Å². The van der Waals surface area contributed by atoms with Crippen LogP contribution in [0, 0.1) is 11.6 Å². The summed E-state index contributed by atoms with van der Waals surface area (Å²) in [6, 6.07) is 2.39. The van der Waals surface area contributed by atoms with Crippen LogP contribution in [-0.2, 0) is 0 Å². The Morgan fingerprint density at radius 3 is 2.57 bits per heavy atom. The van der Waals surface area contributed by atoms with Crippen LogP contribution in [0.1, 0.15) is 0 Å². The first kappa shape index (κ1) is 10.8. The highest BCUT2D eigenvalue weighted by Crippen LogP contribution is 2.25. The molecule has 0 aliphatic rings. The Morgan fingerprint density at radius 1 is 1.43 bits per heavy atom. The SMILES string of the molecule is COc1ccc(NC(=O)S)c(F)c1F. The van der Waals surface area contributed by atoms with E-state index in [1.54, 1.807) is 0 Å². The topological polar surface area (TPSA) is 38.3 Å². The number of amides is 1. The van der Waals surface area contributed by atoms with E-state index in [1.165, 1.54) is 19.2 Å². The van der Waals surface area contributed by atoms with E-state index >= 15 is 0 Å². The number of ether oxygens (including phenoxy) is 1. The van der Waals surface area contributed by atoms with Crippen LogP contribution >= 0.6 is 12.6 Å². The summed E-state index contributed by atoms with van der Waals surface area (Å²) in [5.41, 5.74) is -0.275. The smallest absolute Gasteiger partial charge is 0.280 e. The molecule has 76 valence electrons. The Hall–Kier alpha value is -1.30. The molecular weight excluding hydrogens is 212 g/mol. The number of halogens is 2. The second-order valence-electron chi connectivity index (χ2n) is 2.37. The lowest BCUT2D eigenvalue weighted by molar-refractivity contribution is 0.270. The van der Waals surface area contributed by atoms with E-state index in [0.29, 0.717) is 0 Å². The van der Waals surface area contributed by atoms with Gasteiger partial charge in [0, 0.05) is 0 Å². The zero-order chi connectivity index (χ0) is 10.7. The predicted octanol–water partition coefficient (Wildman–Crippen LogP) is 2.44. The maximum absolute atomic E-state index is 13.1. The zero-order valence-electron chi connectivity index (χ0n) is 7.17. The van der Waals surface area contributed by atoms with E-state index < -0.39 is 16.9 Å². The highest BCUT2D eigenvalue weighted by atomic mass is 32.1. The average molecular weight is 219 g/mol. The van der Waals surface area contributed by atoms with Crippen LogP contribution in [0.5, 0.6) is 5.75 Å². The lowest BCUT2D eigenvalue weighted by Gasteiger charge is -2.06. The fourth-order valence-corrected chi connectivity index (χ4v) is 1.02. The normalized spacial score (nSPS) is 9.71. The highest BCUT2D eigenvalue weighted by molar-refractivity contribution is 7.96. The number of carbonyl (C=O) groups is 1. The van der Waals surface area contributed by atoms with Gasteiger partial charge in [0.15, 0.2) is 11.6 Å². The third-order valence-electron chi connectivity index (χ3n) is 1.51. The van der Waals surface area contributed by atoms with Gasteiger partial charge in [0.2, 0.25) is 5.82 Å². The van der Waals surface area contributed by atoms with Gasteiger partial charge in [0.1, 0.15) is 0 Å². The van der Waals surface area contributed by atoms with Gasteiger partial charge in [-0.25, -0.2) is 4.39 Å². The molecule has 0 saturated carbocycles. The molecular formula is C8H7F2NO2S. The lowest BCUT2D eigenvalue weighted by atomic mass is 10.2. The van der Waals surface area contributed by atoms with Gasteiger partial charge < -0.3 is 10.1 Å². The van der Waals surface area contributed by atoms with E-state index in [4.69, 9.17) is 0 Å². The number of nitrogens with one attached hydrogen (secondary N) is 1. The molecule has 0 fully saturated rings. The number of hydrogen-bond acceptors (Lipinski definition) is 2. The van der Waals surface area contributed by atoms with Gasteiger partial charge in [-0.3, -0.25) is 4.79 Å². The Morgan fingerprint density at radius 2 is 2.07 bits per heavy atom. The van der Waals surface area contributed by atoms with Crippen LogP contribution < -0.4 is 10.1 Å². The quantitative estimate of drug-likeness (QED) is 0.750. The summed E-state index contributed by atoms with van der Waals surface area (Å²) >= 11 is 3.37. The first-order chi connectivity index (χ1) is 6.56. The molecule has 0 atom stereocenters. The number of benzene rings is 1. The largest absolute Gasteiger partial charge is 0.494 e. The maximum atomic E-state index is 13.1. The minimum atomic E-state index is -1.17. The fourth-order valence-electron chi connectivity index (χ4n) is 0.901. The number of methoxy groups -OCH3 is 1. The van der Waals surface area contributed by atoms with Gasteiger partial charge in [-0.1, -0.05) is 12.6 Å². The molecule has 0 saturated heterocycles. The van der Waals surface area contributed by atoms with Crippen LogP contribution in [0.2, 0.25) is 0 Å². The van der Waals surface area contributed by atoms with E-state index in [-0.39, 0.29) is 11.4 Å². The Balaban J connectivity index is 3.10. The summed E-state index contributed by atoms with van der Waals surface area (Å²) in [4.78, 5) is 10.5. The Labute approximate surface area is 84.5 Å². The van der Waals surface area contributed by atoms with Crippen molar-refractivity contribution in [1.29, 1.82) is 0 Å². The second kappa shape index (κ2) is 4.28. The number of rotatable bonds is 2. The highest BCUT2D eigenvalue weighted by Gasteiger charge is 2.14. The molecule has 0 bridgehead atoms. The van der Waals surface area contributed by atoms with E-state index in [2.05, 4.69) is 17.4 Å². The summed E-state index contributed by atoms with van der Waals surface area (Å²) in [7, 11) is 1.22. The molecule has 3 nitrogen and oxygen atoms in total. The van der Waals surface area contributed by atoms with Crippen molar-refractivity contribution in [2.24, 2.45) is 0 Å². The molecule has 0 aliphatic carbocycles. The number of thiol groups is 1. The minimum absolute atomic E-state index is 0.223. The molecule has 0 aromatic heterocycles. The third kappa shape index (κ3) is 2.14. The standard InChI is InChI=1S/C8H7F2NO2S/c1-13-5-3-2-4(11-8(12)14)6(9)7(5)10/h2-3H,1H3,(H2,11,12,14). The van der Waals surface area contributed by atoms with Crippen molar-refractivity contribution in [2.75, 3.05) is 12.4 Å². The van der Waals surface area contributed by atoms with Gasteiger partial charge in [-0.2, -0.15) is 4.39 Å². The second-order valence-corrected chi connectivity index (χ2v) is 2.78. The van der Waals surface area contributed by atoms with E-state index in [0.717, 1.165) is 0 Å². The molecule has 1 amide bonds. The van der Waals surface area contributed by atoms with E-state index in [1.807, 2.05) is 5.32 Å². The number of anilines is 1. The maximum Gasteiger partial charge on any atom is 0.280 e. The van der Waals surface area contributed by atoms with Gasteiger partial charge >= 0.3 is 0 Å². The van der Waals surface area contributed by atoms with Crippen molar-refractivity contribution in [3.8, 4) is 5.75 Å². The number of hydrogen-bond donors (Lipinski definition) is 2.